The van der Waals surface area contributed by atoms with Gasteiger partial charge in [-0.3, -0.25) is 0 Å². The second kappa shape index (κ2) is 4.93. The third-order valence-electron chi connectivity index (χ3n) is 1.91. The molecule has 5 heteroatoms. The van der Waals surface area contributed by atoms with Gasteiger partial charge in [0, 0.05) is 19.3 Å². The summed E-state index contributed by atoms with van der Waals surface area (Å²) in [6.07, 6.45) is 0. The van der Waals surface area contributed by atoms with Crippen molar-refractivity contribution in [2.24, 2.45) is 5.18 Å². The van der Waals surface area contributed by atoms with Crippen LogP contribution in [0.1, 0.15) is 0 Å². The Morgan fingerprint density at radius 1 is 1.57 bits per heavy atom. The lowest BCUT2D eigenvalue weighted by Crippen LogP contribution is -2.20. The van der Waals surface area contributed by atoms with E-state index in [2.05, 4.69) is 5.18 Å². The van der Waals surface area contributed by atoms with E-state index in [0.29, 0.717) is 11.6 Å². The molecule has 1 N–H and O–H groups in total. The second-order valence-corrected chi connectivity index (χ2v) is 3.28. The SMILES string of the molecule is CN(CCO)c1ccc(N=O)c(Cl)c1. The number of likely N-dealkylation sites (N-methyl/N-ethyl adjacent to an activating group) is 1. The lowest BCUT2D eigenvalue weighted by Gasteiger charge is -2.17. The highest BCUT2D eigenvalue weighted by Gasteiger charge is 2.04. The molecule has 0 fully saturated rings. The fraction of sp³-hybridized carbons (Fsp3) is 0.333. The molecule has 0 bridgehead atoms. The Balaban J connectivity index is 2.90. The molecule has 4 nitrogen and oxygen atoms in total. The molecule has 0 aliphatic rings. The third kappa shape index (κ3) is 2.43. The maximum absolute atomic E-state index is 10.2. The maximum atomic E-state index is 10.2. The summed E-state index contributed by atoms with van der Waals surface area (Å²) in [5, 5.41) is 11.8. The van der Waals surface area contributed by atoms with Gasteiger partial charge in [0.15, 0.2) is 0 Å². The minimum absolute atomic E-state index is 0.0712. The highest BCUT2D eigenvalue weighted by Crippen LogP contribution is 2.28. The van der Waals surface area contributed by atoms with Crippen LogP contribution in [-0.4, -0.2) is 25.3 Å². The first-order valence-electron chi connectivity index (χ1n) is 4.14. The van der Waals surface area contributed by atoms with Crippen molar-refractivity contribution in [1.29, 1.82) is 0 Å². The van der Waals surface area contributed by atoms with E-state index in [1.165, 1.54) is 0 Å². The van der Waals surface area contributed by atoms with Crippen LogP contribution in [0.25, 0.3) is 0 Å². The molecule has 1 rings (SSSR count). The number of benzene rings is 1. The number of halogens is 1. The molecule has 0 atom stereocenters. The van der Waals surface area contributed by atoms with Gasteiger partial charge >= 0.3 is 0 Å². The predicted molar refractivity (Wildman–Crippen MR) is 57.3 cm³/mol. The van der Waals surface area contributed by atoms with Crippen LogP contribution in [0.4, 0.5) is 11.4 Å². The van der Waals surface area contributed by atoms with Crippen LogP contribution in [-0.2, 0) is 0 Å². The van der Waals surface area contributed by atoms with Crippen LogP contribution in [0.5, 0.6) is 0 Å². The zero-order valence-electron chi connectivity index (χ0n) is 7.77. The van der Waals surface area contributed by atoms with Crippen molar-refractivity contribution in [3.8, 4) is 0 Å². The molecule has 0 spiro atoms. The van der Waals surface area contributed by atoms with Crippen molar-refractivity contribution in [1.82, 2.24) is 0 Å². The third-order valence-corrected chi connectivity index (χ3v) is 2.21. The topological polar surface area (TPSA) is 52.9 Å². The number of hydrogen-bond donors (Lipinski definition) is 1. The molecule has 0 aliphatic carbocycles. The minimum atomic E-state index is 0.0712. The van der Waals surface area contributed by atoms with Crippen LogP contribution < -0.4 is 4.90 Å². The summed E-state index contributed by atoms with van der Waals surface area (Å²) in [7, 11) is 1.83. The molecule has 14 heavy (non-hydrogen) atoms. The van der Waals surface area contributed by atoms with E-state index in [-0.39, 0.29) is 12.3 Å². The van der Waals surface area contributed by atoms with Crippen molar-refractivity contribution >= 4 is 23.0 Å². The molecule has 76 valence electrons. The monoisotopic (exact) mass is 214 g/mol. The van der Waals surface area contributed by atoms with Crippen molar-refractivity contribution < 1.29 is 5.11 Å². The Morgan fingerprint density at radius 2 is 2.29 bits per heavy atom. The van der Waals surface area contributed by atoms with Gasteiger partial charge in [0.25, 0.3) is 0 Å². The average molecular weight is 215 g/mol. The molecule has 0 amide bonds. The van der Waals surface area contributed by atoms with Crippen LogP contribution >= 0.6 is 11.6 Å². The summed E-state index contributed by atoms with van der Waals surface area (Å²) >= 11 is 5.79. The molecule has 0 unspecified atom stereocenters. The Bertz CT molecular complexity index is 331. The van der Waals surface area contributed by atoms with Gasteiger partial charge in [0.05, 0.1) is 11.6 Å². The molecule has 0 aromatic heterocycles. The van der Waals surface area contributed by atoms with Gasteiger partial charge in [0.1, 0.15) is 5.69 Å². The van der Waals surface area contributed by atoms with Crippen LogP contribution in [0.15, 0.2) is 23.4 Å². The molecule has 0 saturated carbocycles. The van der Waals surface area contributed by atoms with Gasteiger partial charge in [-0.05, 0) is 23.4 Å². The molecule has 1 aromatic carbocycles. The Hall–Kier alpha value is -1.13. The Morgan fingerprint density at radius 3 is 2.79 bits per heavy atom. The zero-order chi connectivity index (χ0) is 10.6. The van der Waals surface area contributed by atoms with E-state index in [4.69, 9.17) is 16.7 Å². The molecular weight excluding hydrogens is 204 g/mol. The fourth-order valence-electron chi connectivity index (χ4n) is 1.09. The van der Waals surface area contributed by atoms with Gasteiger partial charge in [-0.25, -0.2) is 0 Å². The van der Waals surface area contributed by atoms with Crippen LogP contribution in [0.2, 0.25) is 5.02 Å². The van der Waals surface area contributed by atoms with Crippen molar-refractivity contribution in [2.45, 2.75) is 0 Å². The van der Waals surface area contributed by atoms with Crippen LogP contribution in [0, 0.1) is 4.91 Å². The standard InChI is InChI=1S/C9H11ClN2O2/c1-12(4-5-13)7-2-3-9(11-14)8(10)6-7/h2-3,6,13H,4-5H2,1H3. The molecule has 0 heterocycles. The van der Waals surface area contributed by atoms with E-state index in [9.17, 15) is 4.91 Å². The lowest BCUT2D eigenvalue weighted by molar-refractivity contribution is 0.304. The van der Waals surface area contributed by atoms with Gasteiger partial charge in [-0.15, -0.1) is 4.91 Å². The molecule has 0 aliphatic heterocycles. The first-order valence-corrected chi connectivity index (χ1v) is 4.51. The van der Waals surface area contributed by atoms with E-state index in [0.717, 1.165) is 5.69 Å². The maximum Gasteiger partial charge on any atom is 0.126 e. The predicted octanol–water partition coefficient (Wildman–Crippen LogP) is 2.17. The number of nitroso groups, excluding NO2 is 1. The molecule has 0 radical (unpaired) electrons. The highest BCUT2D eigenvalue weighted by molar-refractivity contribution is 6.33. The number of anilines is 1. The number of aliphatic hydroxyl groups excluding tert-OH is 1. The zero-order valence-corrected chi connectivity index (χ0v) is 8.53. The molecule has 1 aromatic rings. The van der Waals surface area contributed by atoms with E-state index in [1.54, 1.807) is 18.2 Å². The van der Waals surface area contributed by atoms with Gasteiger partial charge in [-0.2, -0.15) is 0 Å². The lowest BCUT2D eigenvalue weighted by atomic mass is 10.2. The normalized spacial score (nSPS) is 9.93. The van der Waals surface area contributed by atoms with Gasteiger partial charge in [-0.1, -0.05) is 11.6 Å². The smallest absolute Gasteiger partial charge is 0.126 e. The summed E-state index contributed by atoms with van der Waals surface area (Å²) in [5.41, 5.74) is 1.07. The first kappa shape index (κ1) is 10.9. The number of rotatable bonds is 4. The molecular formula is C9H11ClN2O2. The first-order chi connectivity index (χ1) is 6.69. The van der Waals surface area contributed by atoms with E-state index >= 15 is 0 Å². The molecule has 0 saturated heterocycles. The Labute approximate surface area is 87.1 Å². The summed E-state index contributed by atoms with van der Waals surface area (Å²) < 4.78 is 0. The van der Waals surface area contributed by atoms with Crippen molar-refractivity contribution in [3.63, 3.8) is 0 Å². The van der Waals surface area contributed by atoms with Crippen LogP contribution in [0.3, 0.4) is 0 Å². The largest absolute Gasteiger partial charge is 0.395 e. The quantitative estimate of drug-likeness (QED) is 0.782. The second-order valence-electron chi connectivity index (χ2n) is 2.87. The number of nitrogens with zero attached hydrogens (tertiary/aromatic N) is 2. The summed E-state index contributed by atoms with van der Waals surface area (Å²) in [6.45, 7) is 0.589. The van der Waals surface area contributed by atoms with Crippen molar-refractivity contribution in [2.75, 3.05) is 25.1 Å². The minimum Gasteiger partial charge on any atom is -0.395 e. The number of hydrogen-bond acceptors (Lipinski definition) is 4. The highest BCUT2D eigenvalue weighted by atomic mass is 35.5. The summed E-state index contributed by atoms with van der Waals surface area (Å²) in [4.78, 5) is 12.1. The van der Waals surface area contributed by atoms with E-state index in [1.807, 2.05) is 11.9 Å². The van der Waals surface area contributed by atoms with Crippen molar-refractivity contribution in [3.05, 3.63) is 28.1 Å². The van der Waals surface area contributed by atoms with Gasteiger partial charge in [0.2, 0.25) is 0 Å². The average Bonchev–Trinajstić information content (AvgIpc) is 2.18. The summed E-state index contributed by atoms with van der Waals surface area (Å²) in [5.74, 6) is 0. The summed E-state index contributed by atoms with van der Waals surface area (Å²) in [6, 6.07) is 4.94. The fourth-order valence-corrected chi connectivity index (χ4v) is 1.30. The Kier molecular flexibility index (Phi) is 3.85. The van der Waals surface area contributed by atoms with E-state index < -0.39 is 0 Å². The number of aliphatic hydroxyl groups is 1. The van der Waals surface area contributed by atoms with Gasteiger partial charge < -0.3 is 10.0 Å².